The van der Waals surface area contributed by atoms with Crippen molar-refractivity contribution in [2.75, 3.05) is 72.5 Å². The van der Waals surface area contributed by atoms with Crippen LogP contribution in [0.25, 0.3) is 0 Å². The van der Waals surface area contributed by atoms with Gasteiger partial charge in [-0.2, -0.15) is 0 Å². The van der Waals surface area contributed by atoms with Crippen LogP contribution in [0.3, 0.4) is 0 Å². The van der Waals surface area contributed by atoms with Gasteiger partial charge in [0.2, 0.25) is 35.4 Å². The quantitative estimate of drug-likeness (QED) is 0.0224. The number of carboxylic acids is 4. The standard InChI is InChI=1S/C46H78IN7O19/c1-32(55)33(54-47)12-10-11-21-48-37(56)18-15-35(45(66)67)52-40(59)20-17-36(46(68)69)53-42(61)31-73-29-27-71-25-23-50-41(60)30-72-28-26-70-24-22-49-38(57)19-16-34(44(64)65)51-39(58)13-8-6-4-2-3-5-7-9-14-43(62)63/h33-36,54H,2-31H2,1H3,(H,48,56)(H,49,57)(H,50,60)(H,51,58)(H,52,59)(H,53,61)(H,62,63)(H,64,65)(H,66,67)(H,68,69)/t33-,34-,35-,36-/m0/s1. The third kappa shape index (κ3) is 41.0. The van der Waals surface area contributed by atoms with Gasteiger partial charge in [0.05, 0.1) is 45.7 Å². The molecule has 0 radical (unpaired) electrons. The Bertz CT molecular complexity index is 1690. The maximum absolute atomic E-state index is 12.4. The maximum Gasteiger partial charge on any atom is 0.326 e. The van der Waals surface area contributed by atoms with Gasteiger partial charge in [0.1, 0.15) is 37.1 Å². The minimum atomic E-state index is -1.48. The summed E-state index contributed by atoms with van der Waals surface area (Å²) in [5, 5.41) is 52.0. The molecule has 0 aromatic carbocycles. The second kappa shape index (κ2) is 44.4. The number of rotatable bonds is 49. The summed E-state index contributed by atoms with van der Waals surface area (Å²) < 4.78 is 24.0. The van der Waals surface area contributed by atoms with Gasteiger partial charge in [0.15, 0.2) is 0 Å². The molecule has 0 unspecified atom stereocenters. The molecule has 0 aliphatic carbocycles. The summed E-state index contributed by atoms with van der Waals surface area (Å²) in [5.41, 5.74) is 0. The van der Waals surface area contributed by atoms with E-state index in [1.807, 2.05) is 22.9 Å². The lowest BCUT2D eigenvalue weighted by Crippen LogP contribution is -2.45. The highest BCUT2D eigenvalue weighted by Crippen LogP contribution is 2.11. The van der Waals surface area contributed by atoms with Crippen molar-refractivity contribution in [3.8, 4) is 0 Å². The Hall–Kier alpha value is -5.10. The van der Waals surface area contributed by atoms with Gasteiger partial charge in [-0.3, -0.25) is 41.9 Å². The van der Waals surface area contributed by atoms with Crippen LogP contribution in [0.4, 0.5) is 0 Å². The molecular weight excluding hydrogens is 1080 g/mol. The van der Waals surface area contributed by atoms with Crippen molar-refractivity contribution in [1.29, 1.82) is 0 Å². The van der Waals surface area contributed by atoms with Gasteiger partial charge in [0.25, 0.3) is 0 Å². The molecule has 418 valence electrons. The van der Waals surface area contributed by atoms with E-state index in [-0.39, 0.29) is 116 Å². The molecule has 0 fully saturated rings. The van der Waals surface area contributed by atoms with Crippen molar-refractivity contribution in [1.82, 2.24) is 35.4 Å². The zero-order valence-electron chi connectivity index (χ0n) is 41.8. The van der Waals surface area contributed by atoms with E-state index in [9.17, 15) is 68.1 Å². The van der Waals surface area contributed by atoms with Crippen LogP contribution in [0.2, 0.25) is 0 Å². The monoisotopic (exact) mass is 1160 g/mol. The summed E-state index contributed by atoms with van der Waals surface area (Å²) in [5.74, 6) is -8.04. The van der Waals surface area contributed by atoms with E-state index in [4.69, 9.17) is 24.1 Å². The number of ketones is 1. The molecule has 0 aromatic heterocycles. The summed E-state index contributed by atoms with van der Waals surface area (Å²) in [4.78, 5) is 130. The highest BCUT2D eigenvalue weighted by atomic mass is 127. The Morgan fingerprint density at radius 3 is 1.22 bits per heavy atom. The van der Waals surface area contributed by atoms with E-state index < -0.39 is 90.5 Å². The number of carbonyl (C=O) groups is 11. The van der Waals surface area contributed by atoms with Crippen LogP contribution >= 0.6 is 22.9 Å². The minimum Gasteiger partial charge on any atom is -0.481 e. The van der Waals surface area contributed by atoms with E-state index in [2.05, 4.69) is 35.4 Å². The predicted octanol–water partition coefficient (Wildman–Crippen LogP) is 0.503. The van der Waals surface area contributed by atoms with E-state index in [1.165, 1.54) is 6.92 Å². The SMILES string of the molecule is CC(=O)[C@H](CCCCNC(=O)CC[C@H](NC(=O)CC[C@H](NC(=O)COCCOCCNC(=O)COCCOCCNC(=O)CC[C@H](NC(=O)CCCCCCCCCCC(=O)O)C(=O)O)C(=O)O)C(=O)O)NI. The fourth-order valence-electron chi connectivity index (χ4n) is 6.55. The number of ether oxygens (including phenoxy) is 4. The molecule has 0 bridgehead atoms. The van der Waals surface area contributed by atoms with Crippen molar-refractivity contribution in [2.24, 2.45) is 0 Å². The molecule has 0 saturated heterocycles. The van der Waals surface area contributed by atoms with E-state index in [1.54, 1.807) is 0 Å². The Kier molecular flexibility index (Phi) is 41.3. The summed E-state index contributed by atoms with van der Waals surface area (Å²) in [6.45, 7) is 1.77. The van der Waals surface area contributed by atoms with Crippen LogP contribution in [-0.2, 0) is 71.7 Å². The van der Waals surface area contributed by atoms with Crippen LogP contribution in [0.15, 0.2) is 0 Å². The van der Waals surface area contributed by atoms with Gasteiger partial charge < -0.3 is 71.3 Å². The second-order valence-corrected chi connectivity index (χ2v) is 17.5. The third-order valence-electron chi connectivity index (χ3n) is 10.6. The first-order chi connectivity index (χ1) is 34.9. The molecule has 0 aliphatic rings. The molecule has 11 N–H and O–H groups in total. The van der Waals surface area contributed by atoms with Gasteiger partial charge in [-0.25, -0.2) is 14.4 Å². The average molecular weight is 1160 g/mol. The Balaban J connectivity index is 4.02. The number of Topliss-reactive ketones (excluding diaryl/α,β-unsaturated/α-hetero) is 1. The highest BCUT2D eigenvalue weighted by Gasteiger charge is 2.25. The number of unbranched alkanes of at least 4 members (excludes halogenated alkanes) is 8. The number of carboxylic acid groups (broad SMARTS) is 4. The second-order valence-electron chi connectivity index (χ2n) is 16.9. The molecule has 4 atom stereocenters. The summed E-state index contributed by atoms with van der Waals surface area (Å²) in [7, 11) is 0. The van der Waals surface area contributed by atoms with Gasteiger partial charge >= 0.3 is 23.9 Å². The lowest BCUT2D eigenvalue weighted by molar-refractivity contribution is -0.144. The number of amides is 6. The fourth-order valence-corrected chi connectivity index (χ4v) is 7.30. The molecule has 26 nitrogen and oxygen atoms in total. The Morgan fingerprint density at radius 1 is 0.384 bits per heavy atom. The van der Waals surface area contributed by atoms with E-state index in [0.717, 1.165) is 38.5 Å². The first-order valence-electron chi connectivity index (χ1n) is 24.6. The summed E-state index contributed by atoms with van der Waals surface area (Å²) >= 11 is 1.91. The molecule has 0 aromatic rings. The molecule has 73 heavy (non-hydrogen) atoms. The number of aliphatic carboxylic acids is 4. The van der Waals surface area contributed by atoms with Crippen LogP contribution in [0, 0.1) is 0 Å². The first kappa shape index (κ1) is 67.9. The maximum atomic E-state index is 12.4. The number of hydrogen-bond acceptors (Lipinski definition) is 16. The number of carbonyl (C=O) groups excluding carboxylic acids is 7. The van der Waals surface area contributed by atoms with E-state index in [0.29, 0.717) is 38.6 Å². The Morgan fingerprint density at radius 2 is 0.767 bits per heavy atom. The predicted molar refractivity (Wildman–Crippen MR) is 268 cm³/mol. The molecule has 0 rings (SSSR count). The van der Waals surface area contributed by atoms with Crippen LogP contribution in [0.1, 0.15) is 129 Å². The molecule has 6 amide bonds. The smallest absolute Gasteiger partial charge is 0.326 e. The lowest BCUT2D eigenvalue weighted by Gasteiger charge is -2.17. The normalized spacial score (nSPS) is 12.6. The van der Waals surface area contributed by atoms with Crippen LogP contribution in [0.5, 0.6) is 0 Å². The van der Waals surface area contributed by atoms with E-state index >= 15 is 0 Å². The van der Waals surface area contributed by atoms with Crippen molar-refractivity contribution >= 4 is 88.0 Å². The largest absolute Gasteiger partial charge is 0.481 e. The highest BCUT2D eigenvalue weighted by molar-refractivity contribution is 14.1. The third-order valence-corrected chi connectivity index (χ3v) is 11.4. The molecule has 0 aliphatic heterocycles. The van der Waals surface area contributed by atoms with Crippen LogP contribution < -0.4 is 35.4 Å². The fraction of sp³-hybridized carbons (Fsp3) is 0.761. The first-order valence-corrected chi connectivity index (χ1v) is 25.7. The van der Waals surface area contributed by atoms with Gasteiger partial charge in [-0.15, -0.1) is 0 Å². The molecule has 0 saturated carbocycles. The summed E-state index contributed by atoms with van der Waals surface area (Å²) in [6.07, 6.45) is 7.70. The van der Waals surface area contributed by atoms with Crippen molar-refractivity contribution < 1.29 is 92.1 Å². The van der Waals surface area contributed by atoms with Crippen molar-refractivity contribution in [3.05, 3.63) is 0 Å². The van der Waals surface area contributed by atoms with Crippen molar-refractivity contribution in [2.45, 2.75) is 153 Å². The van der Waals surface area contributed by atoms with Gasteiger partial charge in [-0.05, 0) is 58.3 Å². The van der Waals surface area contributed by atoms with Crippen LogP contribution in [-0.4, -0.2) is 182 Å². The van der Waals surface area contributed by atoms with Gasteiger partial charge in [-0.1, -0.05) is 38.5 Å². The zero-order chi connectivity index (χ0) is 54.7. The summed E-state index contributed by atoms with van der Waals surface area (Å²) in [6, 6.07) is -4.36. The minimum absolute atomic E-state index is 0.00795. The number of nitrogens with one attached hydrogen (secondary N) is 7. The number of hydrogen-bond donors (Lipinski definition) is 11. The topological polar surface area (TPSA) is 390 Å². The lowest BCUT2D eigenvalue weighted by atomic mass is 10.1. The molecule has 0 spiro atoms. The molecule has 27 heteroatoms. The van der Waals surface area contributed by atoms with Gasteiger partial charge in [0, 0.05) is 74.6 Å². The molecular formula is C46H78IN7O19. The Labute approximate surface area is 439 Å². The number of halogens is 1. The average Bonchev–Trinajstić information content (AvgIpc) is 3.33. The van der Waals surface area contributed by atoms with Crippen molar-refractivity contribution in [3.63, 3.8) is 0 Å². The molecule has 0 heterocycles. The zero-order valence-corrected chi connectivity index (χ0v) is 44.0.